The van der Waals surface area contributed by atoms with Gasteiger partial charge in [-0.25, -0.2) is 0 Å². The zero-order chi connectivity index (χ0) is 16.8. The molecule has 2 aromatic carbocycles. The molecule has 4 nitrogen and oxygen atoms in total. The fraction of sp³-hybridized carbons (Fsp3) is 0.222. The van der Waals surface area contributed by atoms with Gasteiger partial charge in [0.15, 0.2) is 0 Å². The summed E-state index contributed by atoms with van der Waals surface area (Å²) in [6.45, 7) is 2.22. The Hall–Kier alpha value is -2.33. The van der Waals surface area contributed by atoms with Gasteiger partial charge in [-0.05, 0) is 30.2 Å². The summed E-state index contributed by atoms with van der Waals surface area (Å²) in [7, 11) is 1.69. The van der Waals surface area contributed by atoms with Gasteiger partial charge in [-0.3, -0.25) is 9.59 Å². The fourth-order valence-electron chi connectivity index (χ4n) is 2.18. The van der Waals surface area contributed by atoms with E-state index in [1.165, 1.54) is 0 Å². The highest BCUT2D eigenvalue weighted by Gasteiger charge is 2.14. The molecule has 0 aromatic heterocycles. The highest BCUT2D eigenvalue weighted by molar-refractivity contribution is 6.31. The molecule has 120 valence electrons. The van der Waals surface area contributed by atoms with Crippen LogP contribution in [0.1, 0.15) is 21.5 Å². The summed E-state index contributed by atoms with van der Waals surface area (Å²) in [5, 5.41) is 3.28. The average Bonchev–Trinajstić information content (AvgIpc) is 2.54. The van der Waals surface area contributed by atoms with Crippen molar-refractivity contribution in [2.75, 3.05) is 13.6 Å². The summed E-state index contributed by atoms with van der Waals surface area (Å²) < 4.78 is 0. The Labute approximate surface area is 141 Å². The molecular weight excluding hydrogens is 312 g/mol. The van der Waals surface area contributed by atoms with Crippen LogP contribution in [0.15, 0.2) is 48.5 Å². The topological polar surface area (TPSA) is 49.4 Å². The van der Waals surface area contributed by atoms with Crippen LogP contribution in [0.4, 0.5) is 0 Å². The Balaban J connectivity index is 1.91. The standard InChI is InChI=1S/C18H19ClN2O2/c1-13-7-3-5-9-15(13)18(23)20-11-17(22)21(2)12-14-8-4-6-10-16(14)19/h3-10H,11-12H2,1-2H3,(H,20,23). The average molecular weight is 331 g/mol. The van der Waals surface area contributed by atoms with Gasteiger partial charge in [-0.15, -0.1) is 0 Å². The zero-order valence-corrected chi connectivity index (χ0v) is 13.9. The van der Waals surface area contributed by atoms with Crippen LogP contribution < -0.4 is 5.32 Å². The Kier molecular flexibility index (Phi) is 5.77. The molecule has 0 atom stereocenters. The lowest BCUT2D eigenvalue weighted by atomic mass is 10.1. The second-order valence-electron chi connectivity index (χ2n) is 5.34. The molecule has 0 heterocycles. The first-order valence-electron chi connectivity index (χ1n) is 7.30. The van der Waals surface area contributed by atoms with Crippen molar-refractivity contribution in [2.24, 2.45) is 0 Å². The fourth-order valence-corrected chi connectivity index (χ4v) is 2.38. The lowest BCUT2D eigenvalue weighted by Gasteiger charge is -2.18. The minimum absolute atomic E-state index is 0.0475. The Morgan fingerprint density at radius 3 is 2.43 bits per heavy atom. The highest BCUT2D eigenvalue weighted by Crippen LogP contribution is 2.16. The van der Waals surface area contributed by atoms with Crippen molar-refractivity contribution in [1.29, 1.82) is 0 Å². The quantitative estimate of drug-likeness (QED) is 0.916. The number of hydrogen-bond acceptors (Lipinski definition) is 2. The second kappa shape index (κ2) is 7.79. The number of benzene rings is 2. The Morgan fingerprint density at radius 2 is 1.74 bits per heavy atom. The van der Waals surface area contributed by atoms with Gasteiger partial charge in [0.05, 0.1) is 6.54 Å². The number of aryl methyl sites for hydroxylation is 1. The molecule has 5 heteroatoms. The predicted octanol–water partition coefficient (Wildman–Crippen LogP) is 3.04. The van der Waals surface area contributed by atoms with Crippen LogP contribution >= 0.6 is 11.6 Å². The summed E-state index contributed by atoms with van der Waals surface area (Å²) in [6, 6.07) is 14.6. The van der Waals surface area contributed by atoms with Gasteiger partial charge in [0.1, 0.15) is 0 Å². The van der Waals surface area contributed by atoms with E-state index in [0.29, 0.717) is 17.1 Å². The molecule has 2 amide bonds. The molecule has 0 radical (unpaired) electrons. The maximum absolute atomic E-state index is 12.1. The molecule has 2 rings (SSSR count). The maximum atomic E-state index is 12.1. The SMILES string of the molecule is Cc1ccccc1C(=O)NCC(=O)N(C)Cc1ccccc1Cl. The summed E-state index contributed by atoms with van der Waals surface area (Å²) in [6.07, 6.45) is 0. The van der Waals surface area contributed by atoms with Gasteiger partial charge in [-0.1, -0.05) is 48.0 Å². The molecule has 0 aliphatic heterocycles. The first kappa shape index (κ1) is 17.0. The van der Waals surface area contributed by atoms with Crippen LogP contribution in [-0.4, -0.2) is 30.3 Å². The molecule has 0 spiro atoms. The number of halogens is 1. The number of rotatable bonds is 5. The number of amides is 2. The molecular formula is C18H19ClN2O2. The molecule has 23 heavy (non-hydrogen) atoms. The molecule has 0 saturated carbocycles. The van der Waals surface area contributed by atoms with Crippen LogP contribution in [0, 0.1) is 6.92 Å². The van der Waals surface area contributed by atoms with E-state index in [2.05, 4.69) is 5.32 Å². The lowest BCUT2D eigenvalue weighted by molar-refractivity contribution is -0.129. The first-order valence-corrected chi connectivity index (χ1v) is 7.68. The summed E-state index contributed by atoms with van der Waals surface area (Å²) >= 11 is 6.09. The van der Waals surface area contributed by atoms with Crippen LogP contribution in [0.25, 0.3) is 0 Å². The van der Waals surface area contributed by atoms with E-state index in [0.717, 1.165) is 11.1 Å². The second-order valence-corrected chi connectivity index (χ2v) is 5.75. The zero-order valence-electron chi connectivity index (χ0n) is 13.2. The maximum Gasteiger partial charge on any atom is 0.251 e. The van der Waals surface area contributed by atoms with Gasteiger partial charge >= 0.3 is 0 Å². The van der Waals surface area contributed by atoms with Gasteiger partial charge in [0.2, 0.25) is 5.91 Å². The molecule has 0 aliphatic rings. The van der Waals surface area contributed by atoms with Crippen LogP contribution in [0.3, 0.4) is 0 Å². The van der Waals surface area contributed by atoms with Crippen LogP contribution in [-0.2, 0) is 11.3 Å². The van der Waals surface area contributed by atoms with Crippen molar-refractivity contribution in [3.63, 3.8) is 0 Å². The molecule has 1 N–H and O–H groups in total. The summed E-state index contributed by atoms with van der Waals surface area (Å²) in [5.74, 6) is -0.422. The van der Waals surface area contributed by atoms with Crippen molar-refractivity contribution in [3.05, 3.63) is 70.2 Å². The third-order valence-electron chi connectivity index (χ3n) is 3.58. The molecule has 0 unspecified atom stereocenters. The van der Waals surface area contributed by atoms with Crippen molar-refractivity contribution in [3.8, 4) is 0 Å². The molecule has 0 fully saturated rings. The third-order valence-corrected chi connectivity index (χ3v) is 3.95. The number of carbonyl (C=O) groups excluding carboxylic acids is 2. The molecule has 2 aromatic rings. The van der Waals surface area contributed by atoms with Gasteiger partial charge in [-0.2, -0.15) is 0 Å². The predicted molar refractivity (Wildman–Crippen MR) is 91.4 cm³/mol. The third kappa shape index (κ3) is 4.57. The normalized spacial score (nSPS) is 10.2. The highest BCUT2D eigenvalue weighted by atomic mass is 35.5. The summed E-state index contributed by atoms with van der Waals surface area (Å²) in [4.78, 5) is 25.8. The van der Waals surface area contributed by atoms with E-state index >= 15 is 0 Å². The number of carbonyl (C=O) groups is 2. The van der Waals surface area contributed by atoms with Crippen molar-refractivity contribution < 1.29 is 9.59 Å². The van der Waals surface area contributed by atoms with Gasteiger partial charge in [0, 0.05) is 24.2 Å². The molecule has 0 aliphatic carbocycles. The number of nitrogens with one attached hydrogen (secondary N) is 1. The van der Waals surface area contributed by atoms with Crippen molar-refractivity contribution in [1.82, 2.24) is 10.2 Å². The van der Waals surface area contributed by atoms with E-state index < -0.39 is 0 Å². The largest absolute Gasteiger partial charge is 0.343 e. The molecule has 0 saturated heterocycles. The van der Waals surface area contributed by atoms with Gasteiger partial charge in [0.25, 0.3) is 5.91 Å². The Morgan fingerprint density at radius 1 is 1.09 bits per heavy atom. The van der Waals surface area contributed by atoms with E-state index in [-0.39, 0.29) is 18.4 Å². The van der Waals surface area contributed by atoms with E-state index in [4.69, 9.17) is 11.6 Å². The van der Waals surface area contributed by atoms with Crippen LogP contribution in [0.2, 0.25) is 5.02 Å². The van der Waals surface area contributed by atoms with E-state index in [9.17, 15) is 9.59 Å². The van der Waals surface area contributed by atoms with Crippen molar-refractivity contribution >= 4 is 23.4 Å². The van der Waals surface area contributed by atoms with Gasteiger partial charge < -0.3 is 10.2 Å². The minimum Gasteiger partial charge on any atom is -0.343 e. The minimum atomic E-state index is -0.248. The van der Waals surface area contributed by atoms with E-state index in [1.54, 1.807) is 30.1 Å². The van der Waals surface area contributed by atoms with E-state index in [1.807, 2.05) is 37.3 Å². The number of hydrogen-bond donors (Lipinski definition) is 1. The first-order chi connectivity index (χ1) is 11.0. The summed E-state index contributed by atoms with van der Waals surface area (Å²) in [5.41, 5.74) is 2.33. The monoisotopic (exact) mass is 330 g/mol. The number of likely N-dealkylation sites (N-methyl/N-ethyl adjacent to an activating group) is 1. The van der Waals surface area contributed by atoms with Crippen molar-refractivity contribution in [2.45, 2.75) is 13.5 Å². The molecule has 0 bridgehead atoms. The van der Waals surface area contributed by atoms with Crippen LogP contribution in [0.5, 0.6) is 0 Å². The Bertz CT molecular complexity index is 716. The lowest BCUT2D eigenvalue weighted by Crippen LogP contribution is -2.38. The number of nitrogens with zero attached hydrogens (tertiary/aromatic N) is 1. The smallest absolute Gasteiger partial charge is 0.251 e.